The lowest BCUT2D eigenvalue weighted by molar-refractivity contribution is -0.141. The summed E-state index contributed by atoms with van der Waals surface area (Å²) in [4.78, 5) is 22.5. The average Bonchev–Trinajstić information content (AvgIpc) is 2.48. The second-order valence-corrected chi connectivity index (χ2v) is 4.32. The quantitative estimate of drug-likeness (QED) is 0.494. The zero-order valence-corrected chi connectivity index (χ0v) is 12.3. The van der Waals surface area contributed by atoms with E-state index in [1.807, 2.05) is 0 Å². The second kappa shape index (κ2) is 6.84. The van der Waals surface area contributed by atoms with Crippen molar-refractivity contribution in [3.63, 3.8) is 0 Å². The molecule has 2 rings (SSSR count). The van der Waals surface area contributed by atoms with Crippen LogP contribution in [0.3, 0.4) is 0 Å². The van der Waals surface area contributed by atoms with Crippen molar-refractivity contribution in [1.82, 2.24) is 0 Å². The van der Waals surface area contributed by atoms with E-state index >= 15 is 0 Å². The van der Waals surface area contributed by atoms with Gasteiger partial charge in [0, 0.05) is 6.92 Å². The number of ether oxygens (including phenoxy) is 3. The van der Waals surface area contributed by atoms with E-state index in [9.17, 15) is 14.7 Å². The first-order chi connectivity index (χ1) is 10.5. The molecule has 2 aromatic rings. The zero-order chi connectivity index (χ0) is 16.1. The number of fused-ring (bicyclic) bond motifs is 1. The number of aromatic hydroxyl groups is 1. The molecule has 0 spiro atoms. The number of carbonyl (C=O) groups excluding carboxylic acids is 1. The fourth-order valence-corrected chi connectivity index (χ4v) is 1.89. The predicted molar refractivity (Wildman–Crippen MR) is 77.4 cm³/mol. The molecule has 1 N–H and O–H groups in total. The first-order valence-corrected chi connectivity index (χ1v) is 6.72. The van der Waals surface area contributed by atoms with Crippen LogP contribution in [0.4, 0.5) is 0 Å². The van der Waals surface area contributed by atoms with Crippen molar-refractivity contribution in [3.05, 3.63) is 28.6 Å². The van der Waals surface area contributed by atoms with Gasteiger partial charge in [-0.2, -0.15) is 0 Å². The molecule has 1 aromatic heterocycles. The van der Waals surface area contributed by atoms with E-state index in [2.05, 4.69) is 0 Å². The average molecular weight is 308 g/mol. The Morgan fingerprint density at radius 1 is 1.27 bits per heavy atom. The summed E-state index contributed by atoms with van der Waals surface area (Å²) < 4.78 is 20.4. The molecule has 118 valence electrons. The lowest BCUT2D eigenvalue weighted by Crippen LogP contribution is -2.10. The van der Waals surface area contributed by atoms with Crippen LogP contribution < -0.4 is 15.1 Å². The molecule has 1 aromatic carbocycles. The van der Waals surface area contributed by atoms with Crippen molar-refractivity contribution in [1.29, 1.82) is 0 Å². The minimum absolute atomic E-state index is 0.0684. The molecule has 0 aliphatic rings. The van der Waals surface area contributed by atoms with Gasteiger partial charge in [0.1, 0.15) is 13.2 Å². The maximum Gasteiger partial charge on any atom is 0.383 e. The Hall–Kier alpha value is -2.70. The molecule has 7 heteroatoms. The molecule has 7 nitrogen and oxygen atoms in total. The summed E-state index contributed by atoms with van der Waals surface area (Å²) in [5.41, 5.74) is -0.681. The van der Waals surface area contributed by atoms with Gasteiger partial charge in [-0.15, -0.1) is 0 Å². The predicted octanol–water partition coefficient (Wildman–Crippen LogP) is 1.84. The van der Waals surface area contributed by atoms with Gasteiger partial charge in [0.05, 0.1) is 12.0 Å². The van der Waals surface area contributed by atoms with E-state index in [1.54, 1.807) is 25.1 Å². The van der Waals surface area contributed by atoms with Gasteiger partial charge in [0.15, 0.2) is 17.1 Å². The topological polar surface area (TPSA) is 95.2 Å². The Kier molecular flexibility index (Phi) is 4.88. The SMILES string of the molecule is CCOc1c(O)c2cccc(OCCOC(C)=O)c2oc1=O. The lowest BCUT2D eigenvalue weighted by atomic mass is 10.2. The van der Waals surface area contributed by atoms with Gasteiger partial charge in [0.25, 0.3) is 0 Å². The van der Waals surface area contributed by atoms with Gasteiger partial charge >= 0.3 is 11.6 Å². The summed E-state index contributed by atoms with van der Waals surface area (Å²) in [5.74, 6) is -0.669. The molecule has 1 heterocycles. The Morgan fingerprint density at radius 3 is 2.73 bits per heavy atom. The summed E-state index contributed by atoms with van der Waals surface area (Å²) in [6.07, 6.45) is 0. The molecule has 0 radical (unpaired) electrons. The van der Waals surface area contributed by atoms with Crippen LogP contribution in [0.25, 0.3) is 11.0 Å². The summed E-state index contributed by atoms with van der Waals surface area (Å²) in [5, 5.41) is 10.4. The van der Waals surface area contributed by atoms with Crippen molar-refractivity contribution < 1.29 is 28.5 Å². The van der Waals surface area contributed by atoms with E-state index in [4.69, 9.17) is 18.6 Å². The highest BCUT2D eigenvalue weighted by Gasteiger charge is 2.17. The first-order valence-electron chi connectivity index (χ1n) is 6.72. The third kappa shape index (κ3) is 3.30. The maximum atomic E-state index is 11.8. The highest BCUT2D eigenvalue weighted by molar-refractivity contribution is 5.89. The van der Waals surface area contributed by atoms with Gasteiger partial charge < -0.3 is 23.7 Å². The van der Waals surface area contributed by atoms with Crippen LogP contribution in [0.2, 0.25) is 0 Å². The van der Waals surface area contributed by atoms with Crippen LogP contribution >= 0.6 is 0 Å². The Morgan fingerprint density at radius 2 is 2.05 bits per heavy atom. The summed E-state index contributed by atoms with van der Waals surface area (Å²) in [6, 6.07) is 4.80. The Bertz CT molecular complexity index is 732. The molecule has 0 fully saturated rings. The molecular weight excluding hydrogens is 292 g/mol. The van der Waals surface area contributed by atoms with E-state index in [1.165, 1.54) is 6.92 Å². The number of benzene rings is 1. The molecule has 0 saturated heterocycles. The molecular formula is C15H16O7. The smallest absolute Gasteiger partial charge is 0.383 e. The van der Waals surface area contributed by atoms with Crippen LogP contribution in [0.1, 0.15) is 13.8 Å². The molecule has 0 bridgehead atoms. The van der Waals surface area contributed by atoms with Crippen molar-refractivity contribution >= 4 is 16.9 Å². The molecule has 22 heavy (non-hydrogen) atoms. The molecule has 0 aliphatic carbocycles. The number of carbonyl (C=O) groups is 1. The van der Waals surface area contributed by atoms with E-state index in [-0.39, 0.29) is 42.7 Å². The van der Waals surface area contributed by atoms with Crippen molar-refractivity contribution in [3.8, 4) is 17.2 Å². The summed E-state index contributed by atoms with van der Waals surface area (Å²) >= 11 is 0. The molecule has 0 unspecified atom stereocenters. The van der Waals surface area contributed by atoms with Gasteiger partial charge in [-0.25, -0.2) is 4.79 Å². The van der Waals surface area contributed by atoms with Crippen LogP contribution in [-0.2, 0) is 9.53 Å². The number of hydrogen-bond acceptors (Lipinski definition) is 7. The van der Waals surface area contributed by atoms with E-state index in [0.29, 0.717) is 5.39 Å². The third-order valence-corrected chi connectivity index (χ3v) is 2.76. The Labute approximate surface area is 126 Å². The number of rotatable bonds is 6. The maximum absolute atomic E-state index is 11.8. The summed E-state index contributed by atoms with van der Waals surface area (Å²) in [6.45, 7) is 3.37. The van der Waals surface area contributed by atoms with Gasteiger partial charge in [0.2, 0.25) is 5.75 Å². The minimum atomic E-state index is -0.789. The fourth-order valence-electron chi connectivity index (χ4n) is 1.89. The molecule has 0 atom stereocenters. The van der Waals surface area contributed by atoms with Gasteiger partial charge in [-0.3, -0.25) is 4.79 Å². The lowest BCUT2D eigenvalue weighted by Gasteiger charge is -2.10. The molecule has 0 amide bonds. The largest absolute Gasteiger partial charge is 0.504 e. The van der Waals surface area contributed by atoms with E-state index < -0.39 is 11.6 Å². The van der Waals surface area contributed by atoms with Crippen molar-refractivity contribution in [2.45, 2.75) is 13.8 Å². The van der Waals surface area contributed by atoms with Gasteiger partial charge in [-0.1, -0.05) is 6.07 Å². The van der Waals surface area contributed by atoms with Crippen LogP contribution in [0.5, 0.6) is 17.2 Å². The number of esters is 1. The normalized spacial score (nSPS) is 10.5. The van der Waals surface area contributed by atoms with Crippen molar-refractivity contribution in [2.24, 2.45) is 0 Å². The monoisotopic (exact) mass is 308 g/mol. The number of para-hydroxylation sites is 1. The first kappa shape index (κ1) is 15.7. The third-order valence-electron chi connectivity index (χ3n) is 2.76. The van der Waals surface area contributed by atoms with Crippen LogP contribution in [0, 0.1) is 0 Å². The molecule has 0 saturated carbocycles. The van der Waals surface area contributed by atoms with Gasteiger partial charge in [-0.05, 0) is 19.1 Å². The van der Waals surface area contributed by atoms with Crippen molar-refractivity contribution in [2.75, 3.05) is 19.8 Å². The van der Waals surface area contributed by atoms with E-state index in [0.717, 1.165) is 0 Å². The minimum Gasteiger partial charge on any atom is -0.504 e. The summed E-state index contributed by atoms with van der Waals surface area (Å²) in [7, 11) is 0. The Balaban J connectivity index is 2.33. The van der Waals surface area contributed by atoms with Crippen LogP contribution in [-0.4, -0.2) is 30.9 Å². The zero-order valence-electron chi connectivity index (χ0n) is 12.3. The standard InChI is InChI=1S/C15H16O7/c1-3-19-14-12(17)10-5-4-6-11(13(10)22-15(14)18)21-8-7-20-9(2)16/h4-6,17H,3,7-8H2,1-2H3. The van der Waals surface area contributed by atoms with Crippen LogP contribution in [0.15, 0.2) is 27.4 Å². The molecule has 0 aliphatic heterocycles. The highest BCUT2D eigenvalue weighted by Crippen LogP contribution is 2.35. The highest BCUT2D eigenvalue weighted by atomic mass is 16.6. The fraction of sp³-hybridized carbons (Fsp3) is 0.333. The second-order valence-electron chi connectivity index (χ2n) is 4.32. The number of hydrogen-bond donors (Lipinski definition) is 1.